The van der Waals surface area contributed by atoms with Gasteiger partial charge in [0.1, 0.15) is 30.2 Å². The van der Waals surface area contributed by atoms with Crippen LogP contribution in [-0.4, -0.2) is 42.9 Å². The molecule has 0 aliphatic heterocycles. The van der Waals surface area contributed by atoms with Crippen molar-refractivity contribution in [3.8, 4) is 5.75 Å². The van der Waals surface area contributed by atoms with E-state index in [-0.39, 0.29) is 96.1 Å². The number of hydrogen-bond donors (Lipinski definition) is 0. The number of benzene rings is 10. The lowest BCUT2D eigenvalue weighted by molar-refractivity contribution is -0.159. The van der Waals surface area contributed by atoms with E-state index in [9.17, 15) is 28.8 Å². The van der Waals surface area contributed by atoms with Crippen LogP contribution in [0.1, 0.15) is 326 Å². The maximum atomic E-state index is 12.6. The average Bonchev–Trinajstić information content (AvgIpc) is 0.774. The number of aryl methyl sites for hydroxylation is 5. The van der Waals surface area contributed by atoms with Gasteiger partial charge in [0.15, 0.2) is 12.2 Å². The van der Waals surface area contributed by atoms with Gasteiger partial charge < -0.3 is 33.2 Å². The van der Waals surface area contributed by atoms with Gasteiger partial charge in [-0.2, -0.15) is 0 Å². The third-order valence-corrected chi connectivity index (χ3v) is 26.1. The minimum Gasteiger partial charge on any atom is -0.497 e. The summed E-state index contributed by atoms with van der Waals surface area (Å²) in [5, 5.41) is 4.64. The molecule has 8 atom stereocenters. The molecule has 13 nitrogen and oxygen atoms in total. The molecule has 10 aromatic carbocycles. The third-order valence-electron chi connectivity index (χ3n) is 26.1. The number of fused-ring (bicyclic) bond motifs is 9. The summed E-state index contributed by atoms with van der Waals surface area (Å²) in [5.41, 5.74) is 20.1. The van der Waals surface area contributed by atoms with Crippen molar-refractivity contribution in [2.75, 3.05) is 7.11 Å². The van der Waals surface area contributed by atoms with E-state index in [1.165, 1.54) is 99.4 Å². The van der Waals surface area contributed by atoms with Gasteiger partial charge in [-0.05, 0) is 277 Å². The minimum absolute atomic E-state index is 0.0138. The third kappa shape index (κ3) is 24.7. The second-order valence-corrected chi connectivity index (χ2v) is 35.8. The van der Waals surface area contributed by atoms with Gasteiger partial charge in [0, 0.05) is 27.8 Å². The van der Waals surface area contributed by atoms with E-state index in [0.29, 0.717) is 0 Å². The van der Waals surface area contributed by atoms with E-state index >= 15 is 0 Å². The quantitative estimate of drug-likeness (QED) is 0.0358. The Balaban J connectivity index is 0.000000156. The van der Waals surface area contributed by atoms with Crippen molar-refractivity contribution >= 4 is 57.4 Å². The summed E-state index contributed by atoms with van der Waals surface area (Å²) in [6.45, 7) is 33.4. The molecule has 5 aliphatic rings. The van der Waals surface area contributed by atoms with Crippen LogP contribution in [0.3, 0.4) is 0 Å². The molecule has 0 saturated carbocycles. The van der Waals surface area contributed by atoms with Crippen LogP contribution in [0.25, 0.3) is 21.5 Å². The Morgan fingerprint density at radius 2 is 0.710 bits per heavy atom. The number of rotatable bonds is 22. The van der Waals surface area contributed by atoms with Crippen LogP contribution >= 0.6 is 0 Å². The van der Waals surface area contributed by atoms with E-state index < -0.39 is 10.8 Å². The van der Waals surface area contributed by atoms with Crippen LogP contribution < -0.4 is 4.74 Å². The molecule has 0 N–H and O–H groups in total. The van der Waals surface area contributed by atoms with Crippen LogP contribution in [0.15, 0.2) is 206 Å². The maximum Gasteiger partial charge on any atom is 0.312 e. The van der Waals surface area contributed by atoms with Crippen molar-refractivity contribution in [3.63, 3.8) is 0 Å². The second kappa shape index (κ2) is 45.3. The van der Waals surface area contributed by atoms with Crippen molar-refractivity contribution in [3.05, 3.63) is 301 Å². The van der Waals surface area contributed by atoms with Crippen LogP contribution in [0, 0.1) is 34.5 Å². The minimum atomic E-state index is -0.457. The zero-order valence-corrected chi connectivity index (χ0v) is 77.1. The van der Waals surface area contributed by atoms with Gasteiger partial charge in [-0.1, -0.05) is 257 Å². The van der Waals surface area contributed by atoms with E-state index in [1.54, 1.807) is 7.11 Å². The van der Waals surface area contributed by atoms with Crippen molar-refractivity contribution < 1.29 is 61.9 Å². The van der Waals surface area contributed by atoms with Crippen molar-refractivity contribution in [1.82, 2.24) is 0 Å². The van der Waals surface area contributed by atoms with Gasteiger partial charge in [-0.25, -0.2) is 0 Å². The summed E-state index contributed by atoms with van der Waals surface area (Å²) in [6.07, 6.45) is 18.2. The fraction of sp³-hybridized carbons (Fsp3) is 0.441. The summed E-state index contributed by atoms with van der Waals surface area (Å²) in [6, 6.07) is 70.8. The van der Waals surface area contributed by atoms with Gasteiger partial charge in [0.05, 0.1) is 41.6 Å². The molecule has 0 radical (unpaired) electrons. The van der Waals surface area contributed by atoms with E-state index in [1.807, 2.05) is 203 Å². The highest BCUT2D eigenvalue weighted by molar-refractivity contribution is 6.02. The number of hydrogen-bond acceptors (Lipinski definition) is 13. The Morgan fingerprint density at radius 1 is 0.339 bits per heavy atom. The van der Waals surface area contributed by atoms with Gasteiger partial charge in [-0.15, -0.1) is 0 Å². The van der Waals surface area contributed by atoms with Crippen LogP contribution in [0.4, 0.5) is 0 Å². The van der Waals surface area contributed by atoms with Gasteiger partial charge in [-0.3, -0.25) is 28.8 Å². The topological polar surface area (TPSA) is 167 Å². The Labute approximate surface area is 739 Å². The normalized spacial score (nSPS) is 15.9. The number of carbonyl (C=O) groups is 6. The number of esters is 6. The number of ether oxygens (including phenoxy) is 7. The molecule has 0 aromatic heterocycles. The molecule has 13 heteroatoms. The largest absolute Gasteiger partial charge is 0.497 e. The lowest BCUT2D eigenvalue weighted by Crippen LogP contribution is -2.29. The monoisotopic (exact) mass is 1680 g/mol. The van der Waals surface area contributed by atoms with Crippen LogP contribution in [0.5, 0.6) is 5.75 Å². The van der Waals surface area contributed by atoms with Crippen LogP contribution in [-0.2, 0) is 102 Å². The lowest BCUT2D eigenvalue weighted by atomic mass is 9.83. The molecule has 8 unspecified atom stereocenters. The molecule has 0 saturated heterocycles. The summed E-state index contributed by atoms with van der Waals surface area (Å²) in [5.74, 6) is 0.0351. The molecular formula is C111H136O13. The van der Waals surface area contributed by atoms with Gasteiger partial charge in [0.25, 0.3) is 0 Å². The molecule has 15 rings (SSSR count). The first-order valence-corrected chi connectivity index (χ1v) is 45.9. The first kappa shape index (κ1) is 95.6. The summed E-state index contributed by atoms with van der Waals surface area (Å²) in [4.78, 5) is 72.9. The second-order valence-electron chi connectivity index (χ2n) is 35.8. The molecule has 0 amide bonds. The molecule has 0 spiro atoms. The highest BCUT2D eigenvalue weighted by atomic mass is 16.6. The molecule has 0 fully saturated rings. The Morgan fingerprint density at radius 3 is 1.15 bits per heavy atom. The number of carbonyl (C=O) groups excluding carboxylic acids is 6. The maximum absolute atomic E-state index is 12.6. The fourth-order valence-corrected chi connectivity index (χ4v) is 16.1. The summed E-state index contributed by atoms with van der Waals surface area (Å²) < 4.78 is 39.7. The zero-order valence-electron chi connectivity index (χ0n) is 77.1. The fourth-order valence-electron chi connectivity index (χ4n) is 16.1. The SMILES string of the molecule is CCC(C)(C)C(=O)OC(C)c1ccc2c(c1)CCCC2.CCC(C)(C)C(=O)OC1c2ccccc2Cc2ccccc21.CCC(C)C(=O)OC(C)c1c2ccccc2cc2ccccc12.CCC(C)C(=O)OC(C)c1ccc2c(c1)CCCC2.CCC(C)C(=O)OC1CCCc2cc(OC)ccc21.CCC(C)C(=O)OC1c2ccccc2Cc2ccccc21. The highest BCUT2D eigenvalue weighted by Gasteiger charge is 2.36. The summed E-state index contributed by atoms with van der Waals surface area (Å²) >= 11 is 0. The van der Waals surface area contributed by atoms with Gasteiger partial charge >= 0.3 is 35.8 Å². The Kier molecular flexibility index (Phi) is 34.9. The van der Waals surface area contributed by atoms with E-state index in [4.69, 9.17) is 33.2 Å². The van der Waals surface area contributed by atoms with Crippen molar-refractivity contribution in [2.24, 2.45) is 34.5 Å². The molecule has 0 bridgehead atoms. The molecule has 10 aromatic rings. The Bertz CT molecular complexity index is 5110. The smallest absolute Gasteiger partial charge is 0.312 e. The first-order valence-electron chi connectivity index (χ1n) is 45.9. The molecule has 658 valence electrons. The lowest BCUT2D eigenvalue weighted by Gasteiger charge is -2.31. The molecule has 0 heterocycles. The average molecular weight is 1680 g/mol. The first-order chi connectivity index (χ1) is 59.5. The molecule has 124 heavy (non-hydrogen) atoms. The predicted octanol–water partition coefficient (Wildman–Crippen LogP) is 27.1. The van der Waals surface area contributed by atoms with E-state index in [0.717, 1.165) is 145 Å². The van der Waals surface area contributed by atoms with Crippen molar-refractivity contribution in [1.29, 1.82) is 0 Å². The standard InChI is InChI=1S/C21H22O2.C20H22O2.C19H20O2.C18H26O2.C17H24O2.C16H22O3/c1-4-14(2)21(22)23-15(3)20-18-11-7-5-9-16(18)13-17-10-6-8-12-19(17)20;1-4-20(2,3)19(21)22-18-16-11-7-5-9-14(16)13-15-10-6-8-12-17(15)18;1-3-13(2)19(20)21-18-16-10-6-4-8-14(16)12-15-9-5-7-11-17(15)18;1-5-18(3,4)17(19)20-13(2)15-11-10-14-8-6-7-9-16(14)12-15;1-4-12(2)17(18)19-13(3)15-10-9-14-7-5-6-8-16(14)11-15;1-4-11(2)16(17)19-15-7-5-6-12-10-13(18-3)8-9-14(12)15/h5-15H,4H2,1-3H3;5-12,18H,4,13H2,1-3H3;4-11,13,18H,3,12H2,1-2H3;10-13H,5-9H2,1-4H3;9-13H,4-8H2,1-3H3;8-11,15H,4-7H2,1-3H3. The highest BCUT2D eigenvalue weighted by Crippen LogP contribution is 2.43. The van der Waals surface area contributed by atoms with Crippen molar-refractivity contribution in [2.45, 2.75) is 276 Å². The van der Waals surface area contributed by atoms with E-state index in [2.05, 4.69) is 121 Å². The summed E-state index contributed by atoms with van der Waals surface area (Å²) in [7, 11) is 1.67. The van der Waals surface area contributed by atoms with Gasteiger partial charge in [0.2, 0.25) is 0 Å². The Hall–Kier alpha value is -10.7. The number of methoxy groups -OCH3 is 1. The van der Waals surface area contributed by atoms with Crippen LogP contribution in [0.2, 0.25) is 0 Å². The predicted molar refractivity (Wildman–Crippen MR) is 499 cm³/mol. The zero-order chi connectivity index (χ0) is 89.4. The molecular weight excluding hydrogens is 1540 g/mol. The molecule has 5 aliphatic carbocycles.